The fraction of sp³-hybridized carbons (Fsp3) is 0.100. The zero-order chi connectivity index (χ0) is 32.2. The largest absolute Gasteiger partial charge is 0.399 e. The number of aliphatic hydroxyl groups excluding tert-OH is 4. The Morgan fingerprint density at radius 3 is 0.783 bits per heavy atom. The quantitative estimate of drug-likeness (QED) is 0.0966. The highest BCUT2D eigenvalue weighted by Crippen LogP contribution is 2.54. The Labute approximate surface area is 268 Å². The van der Waals surface area contributed by atoms with Crippen LogP contribution in [0.1, 0.15) is 22.3 Å². The normalized spacial score (nSPS) is 11.1. The molecule has 6 nitrogen and oxygen atoms in total. The van der Waals surface area contributed by atoms with Gasteiger partial charge in [-0.2, -0.15) is 0 Å². The van der Waals surface area contributed by atoms with Crippen molar-refractivity contribution in [3.63, 3.8) is 0 Å². The Bertz CT molecular complexity index is 1830. The SMILES string of the molecule is Nc1ccc(-c2c(-c3ccc(CO)cc3)c(-c3ccc(CO)cc3)c(N)c(-c3ccc(CO)cc3)c2-c2ccc(CO)cc2)cc1. The van der Waals surface area contributed by atoms with Gasteiger partial charge < -0.3 is 31.9 Å². The van der Waals surface area contributed by atoms with E-state index in [-0.39, 0.29) is 26.4 Å². The van der Waals surface area contributed by atoms with Gasteiger partial charge in [0.25, 0.3) is 0 Å². The molecule has 0 unspecified atom stereocenters. The van der Waals surface area contributed by atoms with Crippen LogP contribution in [0.5, 0.6) is 0 Å². The average molecular weight is 609 g/mol. The third kappa shape index (κ3) is 5.90. The Hall–Kier alpha value is -5.24. The van der Waals surface area contributed by atoms with Crippen LogP contribution in [0.25, 0.3) is 55.6 Å². The van der Waals surface area contributed by atoms with Crippen LogP contribution in [0.15, 0.2) is 121 Å². The topological polar surface area (TPSA) is 133 Å². The van der Waals surface area contributed by atoms with Crippen LogP contribution in [-0.2, 0) is 26.4 Å². The van der Waals surface area contributed by atoms with Gasteiger partial charge in [-0.05, 0) is 67.8 Å². The van der Waals surface area contributed by atoms with E-state index < -0.39 is 0 Å². The second-order valence-corrected chi connectivity index (χ2v) is 11.3. The molecule has 6 rings (SSSR count). The van der Waals surface area contributed by atoms with Gasteiger partial charge in [-0.15, -0.1) is 0 Å². The van der Waals surface area contributed by atoms with Crippen LogP contribution in [0, 0.1) is 0 Å². The lowest BCUT2D eigenvalue weighted by Gasteiger charge is -2.27. The minimum absolute atomic E-state index is 0.0755. The first-order valence-electron chi connectivity index (χ1n) is 15.1. The number of hydrogen-bond donors (Lipinski definition) is 6. The molecule has 8 N–H and O–H groups in total. The van der Waals surface area contributed by atoms with Gasteiger partial charge in [-0.25, -0.2) is 0 Å². The third-order valence-electron chi connectivity index (χ3n) is 8.44. The van der Waals surface area contributed by atoms with E-state index in [1.54, 1.807) is 0 Å². The van der Waals surface area contributed by atoms with E-state index in [0.29, 0.717) is 11.4 Å². The summed E-state index contributed by atoms with van der Waals surface area (Å²) in [7, 11) is 0. The Morgan fingerprint density at radius 2 is 0.522 bits per heavy atom. The van der Waals surface area contributed by atoms with Gasteiger partial charge in [0.05, 0.1) is 26.4 Å². The van der Waals surface area contributed by atoms with Crippen LogP contribution >= 0.6 is 0 Å². The molecular weight excluding hydrogens is 572 g/mol. The van der Waals surface area contributed by atoms with Crippen molar-refractivity contribution in [2.24, 2.45) is 0 Å². The predicted molar refractivity (Wildman–Crippen MR) is 186 cm³/mol. The summed E-state index contributed by atoms with van der Waals surface area (Å²) >= 11 is 0. The fourth-order valence-corrected chi connectivity index (χ4v) is 5.99. The van der Waals surface area contributed by atoms with E-state index in [4.69, 9.17) is 11.5 Å². The van der Waals surface area contributed by atoms with Crippen LogP contribution < -0.4 is 11.5 Å². The summed E-state index contributed by atoms with van der Waals surface area (Å²) in [5.41, 5.74) is 26.8. The van der Waals surface area contributed by atoms with Crippen molar-refractivity contribution in [1.29, 1.82) is 0 Å². The van der Waals surface area contributed by atoms with Gasteiger partial charge in [-0.3, -0.25) is 0 Å². The minimum Gasteiger partial charge on any atom is -0.399 e. The molecule has 0 bridgehead atoms. The number of nitrogen functional groups attached to an aromatic ring is 2. The van der Waals surface area contributed by atoms with Gasteiger partial charge in [0.15, 0.2) is 0 Å². The molecular formula is C40H36N2O4. The molecule has 6 heteroatoms. The average Bonchev–Trinajstić information content (AvgIpc) is 3.12. The van der Waals surface area contributed by atoms with Gasteiger partial charge in [-0.1, -0.05) is 109 Å². The van der Waals surface area contributed by atoms with Crippen molar-refractivity contribution >= 4 is 11.4 Å². The monoisotopic (exact) mass is 608 g/mol. The maximum absolute atomic E-state index is 9.83. The van der Waals surface area contributed by atoms with E-state index >= 15 is 0 Å². The predicted octanol–water partition coefficient (Wildman–Crippen LogP) is 7.16. The van der Waals surface area contributed by atoms with Gasteiger partial charge in [0, 0.05) is 33.6 Å². The molecule has 0 aliphatic carbocycles. The zero-order valence-electron chi connectivity index (χ0n) is 25.3. The lowest BCUT2D eigenvalue weighted by atomic mass is 9.77. The van der Waals surface area contributed by atoms with Crippen molar-refractivity contribution in [3.8, 4) is 55.6 Å². The second kappa shape index (κ2) is 13.4. The van der Waals surface area contributed by atoms with Crippen molar-refractivity contribution < 1.29 is 20.4 Å². The summed E-state index contributed by atoms with van der Waals surface area (Å²) in [5.74, 6) is 0. The van der Waals surface area contributed by atoms with Gasteiger partial charge >= 0.3 is 0 Å². The Morgan fingerprint density at radius 1 is 0.304 bits per heavy atom. The smallest absolute Gasteiger partial charge is 0.0681 e. The van der Waals surface area contributed by atoms with E-state index in [9.17, 15) is 20.4 Å². The van der Waals surface area contributed by atoms with E-state index in [1.165, 1.54) is 0 Å². The van der Waals surface area contributed by atoms with Crippen molar-refractivity contribution in [1.82, 2.24) is 0 Å². The first-order chi connectivity index (χ1) is 22.4. The summed E-state index contributed by atoms with van der Waals surface area (Å²) in [5, 5.41) is 39.3. The summed E-state index contributed by atoms with van der Waals surface area (Å²) in [6.07, 6.45) is 0. The molecule has 0 spiro atoms. The molecule has 0 saturated heterocycles. The van der Waals surface area contributed by atoms with Gasteiger partial charge in [0.1, 0.15) is 0 Å². The lowest BCUT2D eigenvalue weighted by molar-refractivity contribution is 0.281. The number of rotatable bonds is 9. The molecule has 6 aromatic rings. The summed E-state index contributed by atoms with van der Waals surface area (Å²) in [6.45, 7) is -0.303. The fourth-order valence-electron chi connectivity index (χ4n) is 5.99. The summed E-state index contributed by atoms with van der Waals surface area (Å²) in [6, 6.07) is 38.9. The maximum atomic E-state index is 9.83. The minimum atomic E-state index is -0.0762. The van der Waals surface area contributed by atoms with Crippen LogP contribution in [-0.4, -0.2) is 20.4 Å². The molecule has 0 heterocycles. The van der Waals surface area contributed by atoms with Crippen molar-refractivity contribution in [2.45, 2.75) is 26.4 Å². The number of benzene rings is 6. The van der Waals surface area contributed by atoms with E-state index in [0.717, 1.165) is 77.9 Å². The van der Waals surface area contributed by atoms with Gasteiger partial charge in [0.2, 0.25) is 0 Å². The molecule has 230 valence electrons. The highest BCUT2D eigenvalue weighted by atomic mass is 16.3. The molecule has 0 fully saturated rings. The Kier molecular flexibility index (Phi) is 8.97. The molecule has 0 radical (unpaired) electrons. The molecule has 46 heavy (non-hydrogen) atoms. The number of nitrogens with two attached hydrogens (primary N) is 2. The molecule has 0 aliphatic rings. The molecule has 0 aromatic heterocycles. The number of anilines is 2. The molecule has 6 aromatic carbocycles. The Balaban J connectivity index is 1.83. The zero-order valence-corrected chi connectivity index (χ0v) is 25.3. The first-order valence-corrected chi connectivity index (χ1v) is 15.1. The lowest BCUT2D eigenvalue weighted by Crippen LogP contribution is -2.04. The molecule has 0 atom stereocenters. The summed E-state index contributed by atoms with van der Waals surface area (Å²) < 4.78 is 0. The summed E-state index contributed by atoms with van der Waals surface area (Å²) in [4.78, 5) is 0. The third-order valence-corrected chi connectivity index (χ3v) is 8.44. The standard InChI is InChI=1S/C40H36N2O4/c41-34-19-17-31(18-20-34)35-36(29-9-1-25(21-43)2-10-29)38(32-13-5-27(23-45)6-14-32)40(42)39(33-15-7-28(24-46)8-16-33)37(35)30-11-3-26(22-44)4-12-30/h1-20,43-46H,21-24,41-42H2. The molecule has 0 saturated carbocycles. The molecule has 0 amide bonds. The van der Waals surface area contributed by atoms with E-state index in [2.05, 4.69) is 0 Å². The van der Waals surface area contributed by atoms with Crippen LogP contribution in [0.3, 0.4) is 0 Å². The second-order valence-electron chi connectivity index (χ2n) is 11.3. The van der Waals surface area contributed by atoms with Crippen molar-refractivity contribution in [2.75, 3.05) is 11.5 Å². The number of hydrogen-bond acceptors (Lipinski definition) is 6. The highest BCUT2D eigenvalue weighted by Gasteiger charge is 2.27. The van der Waals surface area contributed by atoms with E-state index in [1.807, 2.05) is 121 Å². The van der Waals surface area contributed by atoms with Crippen LogP contribution in [0.2, 0.25) is 0 Å². The number of aliphatic hydroxyl groups is 4. The first kappa shape index (κ1) is 30.8. The maximum Gasteiger partial charge on any atom is 0.0681 e. The van der Waals surface area contributed by atoms with Crippen molar-refractivity contribution in [3.05, 3.63) is 144 Å². The molecule has 0 aliphatic heterocycles. The highest BCUT2D eigenvalue weighted by molar-refractivity contribution is 6.13. The van der Waals surface area contributed by atoms with Crippen LogP contribution in [0.4, 0.5) is 11.4 Å².